The highest BCUT2D eigenvalue weighted by Crippen LogP contribution is 2.26. The number of esters is 1. The van der Waals surface area contributed by atoms with E-state index in [9.17, 15) is 28.5 Å². The van der Waals surface area contributed by atoms with Crippen molar-refractivity contribution in [2.24, 2.45) is 0 Å². The van der Waals surface area contributed by atoms with Gasteiger partial charge in [-0.25, -0.2) is 4.18 Å². The predicted octanol–water partition coefficient (Wildman–Crippen LogP) is 8.96. The number of aliphatic hydroxyl groups excluding tert-OH is 3. The lowest BCUT2D eigenvalue weighted by Gasteiger charge is -2.41. The summed E-state index contributed by atoms with van der Waals surface area (Å²) in [5.41, 5.74) is 0. The molecule has 0 aromatic rings. The first-order valence-electron chi connectivity index (χ1n) is 22.0. The molecule has 1 rings (SSSR count). The van der Waals surface area contributed by atoms with Crippen molar-refractivity contribution < 1.29 is 56.2 Å². The van der Waals surface area contributed by atoms with Gasteiger partial charge in [-0.05, 0) is 57.8 Å². The maximum absolute atomic E-state index is 12.7. The van der Waals surface area contributed by atoms with Crippen LogP contribution in [0.5, 0.6) is 0 Å². The van der Waals surface area contributed by atoms with E-state index in [1.807, 2.05) is 0 Å². The molecule has 4 N–H and O–H groups in total. The smallest absolute Gasteiger partial charge is 0.397 e. The molecule has 336 valence electrons. The van der Waals surface area contributed by atoms with Gasteiger partial charge in [-0.2, -0.15) is 8.42 Å². The van der Waals surface area contributed by atoms with Crippen LogP contribution >= 0.6 is 0 Å². The number of ether oxygens (including phenoxy) is 4. The van der Waals surface area contributed by atoms with E-state index in [1.54, 1.807) is 0 Å². The summed E-state index contributed by atoms with van der Waals surface area (Å²) < 4.78 is 58.8. The van der Waals surface area contributed by atoms with Gasteiger partial charge >= 0.3 is 16.4 Å². The molecule has 1 aliphatic rings. The Morgan fingerprint density at radius 1 is 0.672 bits per heavy atom. The molecule has 0 bridgehead atoms. The SMILES string of the molecule is CC/C=C\C/C=C\C/C=C\C/C=C\C/C=C\CCCCCCCCCCOCC(COC1OC(CO)C(O)C(OS(=O)(=O)O)C1O)OC(=O)CCCCCCCCC. The van der Waals surface area contributed by atoms with Gasteiger partial charge < -0.3 is 34.3 Å². The van der Waals surface area contributed by atoms with Crippen LogP contribution < -0.4 is 0 Å². The van der Waals surface area contributed by atoms with Gasteiger partial charge in [0.05, 0.1) is 19.8 Å². The molecule has 12 nitrogen and oxygen atoms in total. The molecule has 1 aliphatic heterocycles. The Bertz CT molecular complexity index is 1250. The first kappa shape index (κ1) is 53.8. The first-order chi connectivity index (χ1) is 28.1. The zero-order valence-electron chi connectivity index (χ0n) is 35.6. The standard InChI is InChI=1S/C45H78O12S/c1-3-5-7-9-11-12-13-14-15-16-17-18-19-20-21-22-23-24-25-26-27-29-31-33-35-53-37-39(55-41(47)34-32-30-28-10-8-6-4-2)38-54-45-43(49)44(57-58(50,51)52)42(48)40(36-46)56-45/h5,7,11-12,14-15,17-18,20-21,39-40,42-46,48-49H,3-4,6,8-10,13,16,19,22-38H2,1-2H3,(H,50,51,52)/b7-5-,12-11-,15-14-,18-17-,21-20-. The summed E-state index contributed by atoms with van der Waals surface area (Å²) in [6.07, 6.45) is 35.7. The van der Waals surface area contributed by atoms with Crippen LogP contribution in [0.25, 0.3) is 0 Å². The molecule has 6 atom stereocenters. The number of unbranched alkanes of at least 4 members (excludes halogenated alkanes) is 14. The zero-order chi connectivity index (χ0) is 42.5. The van der Waals surface area contributed by atoms with Crippen LogP contribution in [0.3, 0.4) is 0 Å². The van der Waals surface area contributed by atoms with Crippen molar-refractivity contribution in [1.29, 1.82) is 0 Å². The van der Waals surface area contributed by atoms with Crippen molar-refractivity contribution >= 4 is 16.4 Å². The van der Waals surface area contributed by atoms with Gasteiger partial charge in [-0.3, -0.25) is 9.35 Å². The number of aliphatic hydroxyl groups is 3. The lowest BCUT2D eigenvalue weighted by atomic mass is 9.99. The van der Waals surface area contributed by atoms with E-state index in [1.165, 1.54) is 51.4 Å². The van der Waals surface area contributed by atoms with Crippen molar-refractivity contribution in [1.82, 2.24) is 0 Å². The van der Waals surface area contributed by atoms with E-state index in [0.717, 1.165) is 77.0 Å². The lowest BCUT2D eigenvalue weighted by Crippen LogP contribution is -2.60. The van der Waals surface area contributed by atoms with Crippen molar-refractivity contribution in [3.63, 3.8) is 0 Å². The summed E-state index contributed by atoms with van der Waals surface area (Å²) in [7, 11) is -5.06. The van der Waals surface area contributed by atoms with Gasteiger partial charge in [0, 0.05) is 13.0 Å². The van der Waals surface area contributed by atoms with Crippen molar-refractivity contribution in [3.05, 3.63) is 60.8 Å². The normalized spacial score (nSPS) is 21.1. The van der Waals surface area contributed by atoms with Gasteiger partial charge in [-0.15, -0.1) is 0 Å². The minimum absolute atomic E-state index is 0.0282. The van der Waals surface area contributed by atoms with Crippen molar-refractivity contribution in [3.8, 4) is 0 Å². The highest BCUT2D eigenvalue weighted by molar-refractivity contribution is 7.80. The molecule has 0 aromatic heterocycles. The molecule has 0 amide bonds. The fourth-order valence-electron chi connectivity index (χ4n) is 6.34. The molecule has 0 aliphatic carbocycles. The third-order valence-electron chi connectivity index (χ3n) is 9.65. The van der Waals surface area contributed by atoms with Gasteiger partial charge in [0.1, 0.15) is 30.5 Å². The molecule has 1 saturated heterocycles. The van der Waals surface area contributed by atoms with Gasteiger partial charge in [0.25, 0.3) is 0 Å². The van der Waals surface area contributed by atoms with Gasteiger partial charge in [0.15, 0.2) is 6.29 Å². The van der Waals surface area contributed by atoms with Gasteiger partial charge in [-0.1, -0.05) is 152 Å². The van der Waals surface area contributed by atoms with Crippen LogP contribution in [-0.4, -0.2) is 97.5 Å². The molecule has 13 heteroatoms. The third-order valence-corrected chi connectivity index (χ3v) is 10.1. The Balaban J connectivity index is 2.32. The topological polar surface area (TPSA) is 178 Å². The Kier molecular flexibility index (Phi) is 34.0. The van der Waals surface area contributed by atoms with Crippen molar-refractivity contribution in [2.45, 2.75) is 192 Å². The van der Waals surface area contributed by atoms with E-state index < -0.39 is 59.8 Å². The highest BCUT2D eigenvalue weighted by atomic mass is 32.3. The quantitative estimate of drug-likeness (QED) is 0.0202. The lowest BCUT2D eigenvalue weighted by molar-refractivity contribution is -0.301. The second-order valence-electron chi connectivity index (χ2n) is 14.9. The summed E-state index contributed by atoms with van der Waals surface area (Å²) in [6.45, 7) is 3.78. The second-order valence-corrected chi connectivity index (χ2v) is 16.0. The van der Waals surface area contributed by atoms with Crippen LogP contribution in [-0.2, 0) is 38.3 Å². The molecule has 0 spiro atoms. The minimum atomic E-state index is -5.06. The fraction of sp³-hybridized carbons (Fsp3) is 0.756. The molecule has 58 heavy (non-hydrogen) atoms. The van der Waals surface area contributed by atoms with Crippen molar-refractivity contribution in [2.75, 3.05) is 26.4 Å². The second kappa shape index (κ2) is 36.6. The molecular weight excluding hydrogens is 765 g/mol. The molecule has 6 unspecified atom stereocenters. The van der Waals surface area contributed by atoms with Crippen LogP contribution in [0.4, 0.5) is 0 Å². The Morgan fingerprint density at radius 2 is 1.19 bits per heavy atom. The van der Waals surface area contributed by atoms with Crippen LogP contribution in [0.2, 0.25) is 0 Å². The maximum atomic E-state index is 12.7. The van der Waals surface area contributed by atoms with Crippen LogP contribution in [0, 0.1) is 0 Å². The summed E-state index contributed by atoms with van der Waals surface area (Å²) in [5.74, 6) is -0.412. The van der Waals surface area contributed by atoms with E-state index in [-0.39, 0.29) is 19.6 Å². The van der Waals surface area contributed by atoms with E-state index >= 15 is 0 Å². The molecule has 0 saturated carbocycles. The summed E-state index contributed by atoms with van der Waals surface area (Å²) in [6, 6.07) is 0. The number of carbonyl (C=O) groups excluding carboxylic acids is 1. The zero-order valence-corrected chi connectivity index (χ0v) is 36.4. The highest BCUT2D eigenvalue weighted by Gasteiger charge is 2.48. The number of allylic oxidation sites excluding steroid dienone is 10. The average Bonchev–Trinajstić information content (AvgIpc) is 3.19. The fourth-order valence-corrected chi connectivity index (χ4v) is 6.85. The monoisotopic (exact) mass is 843 g/mol. The molecular formula is C45H78O12S. The average molecular weight is 843 g/mol. The Labute approximate surface area is 350 Å². The third kappa shape index (κ3) is 29.9. The largest absolute Gasteiger partial charge is 0.457 e. The van der Waals surface area contributed by atoms with E-state index in [2.05, 4.69) is 78.8 Å². The van der Waals surface area contributed by atoms with Crippen LogP contribution in [0.1, 0.15) is 155 Å². The Morgan fingerprint density at radius 3 is 1.74 bits per heavy atom. The summed E-state index contributed by atoms with van der Waals surface area (Å²) in [4.78, 5) is 12.7. The molecule has 0 aromatic carbocycles. The molecule has 1 fully saturated rings. The first-order valence-corrected chi connectivity index (χ1v) is 23.4. The Hall–Kier alpha value is -2.20. The summed E-state index contributed by atoms with van der Waals surface area (Å²) in [5, 5.41) is 30.5. The maximum Gasteiger partial charge on any atom is 0.397 e. The molecule has 1 heterocycles. The number of carbonyl (C=O) groups is 1. The molecule has 0 radical (unpaired) electrons. The number of rotatable bonds is 37. The predicted molar refractivity (Wildman–Crippen MR) is 229 cm³/mol. The van der Waals surface area contributed by atoms with E-state index in [4.69, 9.17) is 23.5 Å². The minimum Gasteiger partial charge on any atom is -0.457 e. The number of hydrogen-bond donors (Lipinski definition) is 4. The van der Waals surface area contributed by atoms with Crippen LogP contribution in [0.15, 0.2) is 60.8 Å². The van der Waals surface area contributed by atoms with E-state index in [0.29, 0.717) is 13.0 Å². The summed E-state index contributed by atoms with van der Waals surface area (Å²) >= 11 is 0. The van der Waals surface area contributed by atoms with Gasteiger partial charge in [0.2, 0.25) is 0 Å². The number of hydrogen-bond acceptors (Lipinski definition) is 11.